The highest BCUT2D eigenvalue weighted by molar-refractivity contribution is 9.09. The molecule has 0 atom stereocenters. The molecule has 0 unspecified atom stereocenters. The van der Waals surface area contributed by atoms with E-state index in [2.05, 4.69) is 51.9 Å². The summed E-state index contributed by atoms with van der Waals surface area (Å²) in [5.74, 6) is -1.05. The number of nitrogens with zero attached hydrogens (tertiary/aromatic N) is 6. The van der Waals surface area contributed by atoms with Crippen LogP contribution in [0.4, 0.5) is 0 Å². The monoisotopic (exact) mass is 1420 g/mol. The standard InChI is InChI=1S/C59H106BrN9O25/c60-52-57(70)65-53-54-49-55(58(71)63-1-5-73-9-13-77-17-21-81-25-29-85-33-37-89-41-45-93-47-43-91-39-35-87-31-27-83-23-19-79-15-11-75-7-3-66-68-61)51-56(50-54)59(72)64-2-6-74-10-14-78-18-22-82-26-30-86-34-38-90-42-46-94-48-44-92-40-36-88-32-28-84-24-20-80-16-12-76-8-4-67-69-62/h49-51H,1-48,52-53H2,(H,63,71)(H,64,72)(H,65,70). The lowest BCUT2D eigenvalue weighted by Gasteiger charge is -2.12. The maximum absolute atomic E-state index is 13.1. The van der Waals surface area contributed by atoms with Crippen LogP contribution in [0.15, 0.2) is 28.4 Å². The number of hydrogen-bond acceptors (Lipinski definition) is 27. The summed E-state index contributed by atoms with van der Waals surface area (Å²) in [6.07, 6.45) is 0. The molecular weight excluding hydrogens is 1310 g/mol. The number of benzene rings is 1. The van der Waals surface area contributed by atoms with Gasteiger partial charge in [-0.3, -0.25) is 14.4 Å². The Labute approximate surface area is 561 Å². The van der Waals surface area contributed by atoms with Gasteiger partial charge in [0, 0.05) is 53.7 Å². The van der Waals surface area contributed by atoms with Gasteiger partial charge in [0.15, 0.2) is 0 Å². The number of nitrogens with one attached hydrogen (secondary N) is 3. The number of alkyl halides is 1. The van der Waals surface area contributed by atoms with E-state index in [-0.39, 0.29) is 55.2 Å². The fourth-order valence-corrected chi connectivity index (χ4v) is 7.08. The van der Waals surface area contributed by atoms with Gasteiger partial charge >= 0.3 is 0 Å². The third-order valence-corrected chi connectivity index (χ3v) is 11.9. The van der Waals surface area contributed by atoms with E-state index < -0.39 is 11.8 Å². The molecule has 0 aliphatic rings. The molecule has 0 saturated heterocycles. The van der Waals surface area contributed by atoms with E-state index in [0.717, 1.165) is 0 Å². The zero-order valence-corrected chi connectivity index (χ0v) is 56.4. The van der Waals surface area contributed by atoms with Crippen molar-refractivity contribution in [2.45, 2.75) is 6.54 Å². The summed E-state index contributed by atoms with van der Waals surface area (Å²) in [4.78, 5) is 43.5. The number of halogens is 1. The lowest BCUT2D eigenvalue weighted by atomic mass is 10.0. The van der Waals surface area contributed by atoms with Gasteiger partial charge < -0.3 is 120 Å². The van der Waals surface area contributed by atoms with Crippen LogP contribution >= 0.6 is 15.9 Å². The molecule has 3 amide bonds. The lowest BCUT2D eigenvalue weighted by Crippen LogP contribution is -2.30. The Hall–Kier alpha value is -4.15. The zero-order chi connectivity index (χ0) is 67.4. The predicted molar refractivity (Wildman–Crippen MR) is 343 cm³/mol. The highest BCUT2D eigenvalue weighted by Crippen LogP contribution is 2.12. The van der Waals surface area contributed by atoms with Crippen LogP contribution in [-0.2, 0) is 116 Å². The molecule has 34 nitrogen and oxygen atoms in total. The van der Waals surface area contributed by atoms with Crippen molar-refractivity contribution in [3.05, 3.63) is 55.8 Å². The summed E-state index contributed by atoms with van der Waals surface area (Å²) >= 11 is 3.13. The van der Waals surface area contributed by atoms with Crippen molar-refractivity contribution >= 4 is 33.7 Å². The van der Waals surface area contributed by atoms with E-state index in [4.69, 9.17) is 115 Å². The second-order valence-electron chi connectivity index (χ2n) is 18.7. The fraction of sp³-hybridized carbons (Fsp3) is 0.847. The molecule has 1 rings (SSSR count). The second-order valence-corrected chi connectivity index (χ2v) is 19.3. The molecule has 0 aromatic heterocycles. The summed E-state index contributed by atoms with van der Waals surface area (Å²) < 4.78 is 121. The van der Waals surface area contributed by atoms with Crippen molar-refractivity contribution in [1.82, 2.24) is 16.0 Å². The SMILES string of the molecule is [N-]=[N+]=NCCOCCOCCOCCOCCOCCOCCOCCOCCOCCOCCOCCNC(=O)c1cc(CNC(=O)CBr)cc(C(=O)NCCOCCOCCOCCOCCOCCOCCOCCOCCOCCOCCOCCN=[N+]=[N-])c1. The molecule has 0 spiro atoms. The van der Waals surface area contributed by atoms with E-state index in [9.17, 15) is 14.4 Å². The number of azide groups is 2. The van der Waals surface area contributed by atoms with Crippen LogP contribution in [-0.4, -0.2) is 340 Å². The van der Waals surface area contributed by atoms with Crippen LogP contribution in [0.5, 0.6) is 0 Å². The van der Waals surface area contributed by atoms with E-state index in [1.807, 2.05) is 0 Å². The van der Waals surface area contributed by atoms with E-state index >= 15 is 0 Å². The minimum Gasteiger partial charge on any atom is -0.379 e. The number of amides is 3. The molecule has 35 heteroatoms. The first-order valence-corrected chi connectivity index (χ1v) is 32.9. The van der Waals surface area contributed by atoms with Crippen LogP contribution in [0, 0.1) is 0 Å². The Bertz CT molecular complexity index is 1840. The molecule has 1 aromatic carbocycles. The van der Waals surface area contributed by atoms with Crippen LogP contribution in [0.2, 0.25) is 0 Å². The zero-order valence-electron chi connectivity index (χ0n) is 54.9. The molecule has 0 saturated carbocycles. The van der Waals surface area contributed by atoms with Crippen molar-refractivity contribution in [3.63, 3.8) is 0 Å². The quantitative estimate of drug-likeness (QED) is 0.0276. The summed E-state index contributed by atoms with van der Waals surface area (Å²) in [5.41, 5.74) is 17.5. The van der Waals surface area contributed by atoms with Gasteiger partial charge in [0.2, 0.25) is 5.91 Å². The van der Waals surface area contributed by atoms with Crippen LogP contribution < -0.4 is 16.0 Å². The van der Waals surface area contributed by atoms with Crippen molar-refractivity contribution < 1.29 is 119 Å². The molecule has 3 N–H and O–H groups in total. The molecular formula is C59H106BrN9O25. The van der Waals surface area contributed by atoms with E-state index in [1.165, 1.54) is 6.07 Å². The first kappa shape index (κ1) is 87.9. The summed E-state index contributed by atoms with van der Waals surface area (Å²) in [5, 5.41) is 15.2. The number of carbonyl (C=O) groups is 3. The van der Waals surface area contributed by atoms with Crippen molar-refractivity contribution in [2.24, 2.45) is 10.2 Å². The average Bonchev–Trinajstić information content (AvgIpc) is 0.929. The Morgan fingerprint density at radius 3 is 0.681 bits per heavy atom. The number of carbonyl (C=O) groups excluding carboxylic acids is 3. The predicted octanol–water partition coefficient (Wildman–Crippen LogP) is 2.14. The molecule has 0 fully saturated rings. The van der Waals surface area contributed by atoms with E-state index in [0.29, 0.717) is 296 Å². The Morgan fingerprint density at radius 1 is 0.298 bits per heavy atom. The average molecular weight is 1420 g/mol. The molecule has 1 aromatic rings. The fourth-order valence-electron chi connectivity index (χ4n) is 6.88. The summed E-state index contributed by atoms with van der Waals surface area (Å²) in [7, 11) is 0. The third kappa shape index (κ3) is 65.2. The van der Waals surface area contributed by atoms with Gasteiger partial charge in [0.1, 0.15) is 0 Å². The number of ether oxygens (including phenoxy) is 22. The van der Waals surface area contributed by atoms with Crippen molar-refractivity contribution in [3.8, 4) is 0 Å². The molecule has 0 bridgehead atoms. The maximum Gasteiger partial charge on any atom is 0.251 e. The maximum atomic E-state index is 13.1. The van der Waals surface area contributed by atoms with Gasteiger partial charge in [-0.1, -0.05) is 26.2 Å². The molecule has 0 heterocycles. The van der Waals surface area contributed by atoms with Gasteiger partial charge in [-0.2, -0.15) is 0 Å². The first-order valence-electron chi connectivity index (χ1n) is 31.8. The Balaban J connectivity index is 1.94. The molecule has 94 heavy (non-hydrogen) atoms. The van der Waals surface area contributed by atoms with Gasteiger partial charge in [0.05, 0.1) is 296 Å². The molecule has 0 aliphatic heterocycles. The normalized spacial score (nSPS) is 11.2. The highest BCUT2D eigenvalue weighted by Gasteiger charge is 2.14. The Morgan fingerprint density at radius 2 is 0.489 bits per heavy atom. The topological polar surface area (TPSA) is 388 Å². The van der Waals surface area contributed by atoms with Gasteiger partial charge in [0.25, 0.3) is 11.8 Å². The lowest BCUT2D eigenvalue weighted by molar-refractivity contribution is -0.118. The first-order chi connectivity index (χ1) is 46.5. The highest BCUT2D eigenvalue weighted by atomic mass is 79.9. The largest absolute Gasteiger partial charge is 0.379 e. The summed E-state index contributed by atoms with van der Waals surface area (Å²) in [6.45, 7) is 19.7. The number of hydrogen-bond donors (Lipinski definition) is 3. The third-order valence-electron chi connectivity index (χ3n) is 11.4. The van der Waals surface area contributed by atoms with Crippen molar-refractivity contribution in [1.29, 1.82) is 0 Å². The minimum absolute atomic E-state index is 0.106. The minimum atomic E-state index is -0.403. The smallest absolute Gasteiger partial charge is 0.251 e. The summed E-state index contributed by atoms with van der Waals surface area (Å²) in [6, 6.07) is 4.74. The van der Waals surface area contributed by atoms with Gasteiger partial charge in [-0.25, -0.2) is 0 Å². The van der Waals surface area contributed by atoms with Crippen LogP contribution in [0.1, 0.15) is 26.3 Å². The molecule has 0 radical (unpaired) electrons. The number of rotatable bonds is 77. The van der Waals surface area contributed by atoms with Crippen molar-refractivity contribution in [2.75, 3.05) is 322 Å². The van der Waals surface area contributed by atoms with Gasteiger partial charge in [-0.15, -0.1) is 0 Å². The van der Waals surface area contributed by atoms with Crippen LogP contribution in [0.25, 0.3) is 20.9 Å². The van der Waals surface area contributed by atoms with Crippen LogP contribution in [0.3, 0.4) is 0 Å². The van der Waals surface area contributed by atoms with Gasteiger partial charge in [-0.05, 0) is 34.8 Å². The second kappa shape index (κ2) is 74.6. The Kier molecular flexibility index (Phi) is 69.8. The molecule has 544 valence electrons. The van der Waals surface area contributed by atoms with E-state index in [1.54, 1.807) is 12.1 Å². The molecule has 0 aliphatic carbocycles.